The highest BCUT2D eigenvalue weighted by atomic mass is 32.2. The van der Waals surface area contributed by atoms with Crippen LogP contribution in [-0.4, -0.2) is 33.8 Å². The van der Waals surface area contributed by atoms with Gasteiger partial charge in [0.1, 0.15) is 6.10 Å². The van der Waals surface area contributed by atoms with E-state index in [0.29, 0.717) is 40.6 Å². The van der Waals surface area contributed by atoms with E-state index in [9.17, 15) is 13.2 Å². The molecule has 1 amide bonds. The van der Waals surface area contributed by atoms with Gasteiger partial charge in [-0.1, -0.05) is 77.8 Å². The minimum Gasteiger partial charge on any atom is -0.445 e. The number of fused-ring (bicyclic) bond motifs is 6. The zero-order chi connectivity index (χ0) is 33.5. The van der Waals surface area contributed by atoms with Gasteiger partial charge in [-0.2, -0.15) is 0 Å². The number of carbonyl (C=O) groups excluding carboxylic acids is 1. The first-order valence-corrected chi connectivity index (χ1v) is 19.4. The number of rotatable bonds is 4. The summed E-state index contributed by atoms with van der Waals surface area (Å²) in [5.41, 5.74) is 3.31. The first-order chi connectivity index (χ1) is 21.4. The molecule has 1 aromatic carbocycles. The topological polar surface area (TPSA) is 81.7 Å². The average molecular weight is 654 g/mol. The maximum atomic E-state index is 13.0. The standard InChI is InChI=1S/C39H59NO5S/c1-25-10-13-27(14-11-25)46(42,43)40-34(41)45-33-20-22-38(7)28-15-17-31-37(6,24-26(28)12-16-29(38)36(33,4)5)21-18-30-35(2,3)32(44-9)19-23-39(30,31)8/h10-14,28-33H,15-24H2,1-9H3,(H,40,41)/t28-,29-,30-,31-,32-,33+,37-,38+,39-/m0/s1. The van der Waals surface area contributed by atoms with Gasteiger partial charge in [-0.25, -0.2) is 17.9 Å². The van der Waals surface area contributed by atoms with Crippen molar-refractivity contribution in [2.75, 3.05) is 7.11 Å². The van der Waals surface area contributed by atoms with Crippen LogP contribution in [0.2, 0.25) is 0 Å². The normalized spacial score (nSPS) is 41.4. The van der Waals surface area contributed by atoms with Crippen LogP contribution in [0.25, 0.3) is 0 Å². The van der Waals surface area contributed by atoms with Crippen molar-refractivity contribution in [1.29, 1.82) is 0 Å². The number of aryl methyl sites for hydroxylation is 1. The van der Waals surface area contributed by atoms with E-state index in [1.54, 1.807) is 17.7 Å². The molecule has 0 bridgehead atoms. The lowest BCUT2D eigenvalue weighted by Crippen LogP contribution is -2.58. The fourth-order valence-electron chi connectivity index (χ4n) is 12.6. The van der Waals surface area contributed by atoms with Gasteiger partial charge in [0.25, 0.3) is 10.0 Å². The highest BCUT2D eigenvalue weighted by Gasteiger charge is 2.63. The van der Waals surface area contributed by atoms with Gasteiger partial charge in [-0.15, -0.1) is 0 Å². The Hall–Kier alpha value is -1.86. The number of carbonyl (C=O) groups is 1. The number of hydrogen-bond acceptors (Lipinski definition) is 5. The number of allylic oxidation sites excluding steroid dienone is 2. The van der Waals surface area contributed by atoms with Crippen LogP contribution in [0.3, 0.4) is 0 Å². The fraction of sp³-hybridized carbons (Fsp3) is 0.769. The molecule has 0 spiro atoms. The zero-order valence-electron chi connectivity index (χ0n) is 29.9. The Balaban J connectivity index is 1.20. The van der Waals surface area contributed by atoms with E-state index in [1.165, 1.54) is 50.7 Å². The maximum Gasteiger partial charge on any atom is 0.421 e. The van der Waals surface area contributed by atoms with Crippen molar-refractivity contribution in [3.05, 3.63) is 41.5 Å². The minimum absolute atomic E-state index is 0.0635. The molecule has 7 heteroatoms. The third-order valence-corrected chi connectivity index (χ3v) is 16.2. The number of nitrogens with one attached hydrogen (secondary N) is 1. The Bertz CT molecular complexity index is 1480. The SMILES string of the molecule is CO[C@H]1CC[C@@]2(C)[C@@H](CC[C@@]3(C)CC4=CC[C@H]5C(C)(C)[C@H](OC(=O)NS(=O)(=O)c6ccc(C)cc6)CC[C@]5(C)[C@H]4CC[C@@H]32)C1(C)C. The van der Waals surface area contributed by atoms with E-state index in [-0.39, 0.29) is 27.2 Å². The molecular formula is C39H59NO5S. The summed E-state index contributed by atoms with van der Waals surface area (Å²) >= 11 is 0. The fourth-order valence-corrected chi connectivity index (χ4v) is 13.5. The average Bonchev–Trinajstić information content (AvgIpc) is 3.11. The first kappa shape index (κ1) is 34.0. The van der Waals surface area contributed by atoms with E-state index in [2.05, 4.69) is 59.3 Å². The highest BCUT2D eigenvalue weighted by Crippen LogP contribution is 2.70. The minimum atomic E-state index is -4.00. The maximum absolute atomic E-state index is 13.0. The van der Waals surface area contributed by atoms with Crippen LogP contribution >= 0.6 is 0 Å². The molecule has 6 nitrogen and oxygen atoms in total. The summed E-state index contributed by atoms with van der Waals surface area (Å²) in [7, 11) is -2.10. The monoisotopic (exact) mass is 653 g/mol. The smallest absolute Gasteiger partial charge is 0.421 e. The van der Waals surface area contributed by atoms with Crippen LogP contribution in [0, 0.1) is 57.7 Å². The molecule has 0 radical (unpaired) electrons. The van der Waals surface area contributed by atoms with E-state index < -0.39 is 16.1 Å². The van der Waals surface area contributed by atoms with Crippen LogP contribution < -0.4 is 4.72 Å². The van der Waals surface area contributed by atoms with Gasteiger partial charge in [-0.3, -0.25) is 0 Å². The lowest BCUT2D eigenvalue weighted by Gasteiger charge is -2.64. The van der Waals surface area contributed by atoms with E-state index in [4.69, 9.17) is 9.47 Å². The molecule has 9 atom stereocenters. The second-order valence-electron chi connectivity index (χ2n) is 17.9. The summed E-state index contributed by atoms with van der Waals surface area (Å²) in [6, 6.07) is 6.48. The lowest BCUT2D eigenvalue weighted by molar-refractivity contribution is -0.178. The second kappa shape index (κ2) is 11.4. The van der Waals surface area contributed by atoms with Crippen molar-refractivity contribution in [3.8, 4) is 0 Å². The number of amides is 1. The summed E-state index contributed by atoms with van der Waals surface area (Å²) in [6.45, 7) is 19.1. The molecule has 4 fully saturated rings. The second-order valence-corrected chi connectivity index (χ2v) is 19.6. The number of hydrogen-bond donors (Lipinski definition) is 1. The van der Waals surface area contributed by atoms with Crippen molar-refractivity contribution >= 4 is 16.1 Å². The molecule has 0 aromatic heterocycles. The van der Waals surface area contributed by atoms with Crippen LogP contribution in [0.1, 0.15) is 118 Å². The lowest BCUT2D eigenvalue weighted by atomic mass is 9.42. The number of benzene rings is 1. The Morgan fingerprint density at radius 3 is 2.09 bits per heavy atom. The van der Waals surface area contributed by atoms with Gasteiger partial charge in [0.15, 0.2) is 0 Å². The number of methoxy groups -OCH3 is 1. The van der Waals surface area contributed by atoms with Gasteiger partial charge in [0.05, 0.1) is 11.0 Å². The van der Waals surface area contributed by atoms with E-state index in [1.807, 2.05) is 14.0 Å². The van der Waals surface area contributed by atoms with Crippen molar-refractivity contribution < 1.29 is 22.7 Å². The zero-order valence-corrected chi connectivity index (χ0v) is 30.7. The molecule has 6 rings (SSSR count). The number of sulfonamides is 1. The summed E-state index contributed by atoms with van der Waals surface area (Å²) < 4.78 is 40.0. The molecule has 0 unspecified atom stereocenters. The van der Waals surface area contributed by atoms with E-state index in [0.717, 1.165) is 31.2 Å². The molecule has 4 saturated carbocycles. The molecule has 1 N–H and O–H groups in total. The quantitative estimate of drug-likeness (QED) is 0.328. The Morgan fingerprint density at radius 2 is 1.41 bits per heavy atom. The van der Waals surface area contributed by atoms with Crippen molar-refractivity contribution in [3.63, 3.8) is 0 Å². The molecular weight excluding hydrogens is 594 g/mol. The van der Waals surface area contributed by atoms with Crippen LogP contribution in [0.15, 0.2) is 40.8 Å². The Labute approximate surface area is 278 Å². The van der Waals surface area contributed by atoms with Crippen molar-refractivity contribution in [2.45, 2.75) is 137 Å². The predicted octanol–water partition coefficient (Wildman–Crippen LogP) is 9.23. The number of ether oxygens (including phenoxy) is 2. The van der Waals surface area contributed by atoms with Gasteiger partial charge < -0.3 is 9.47 Å². The van der Waals surface area contributed by atoms with Gasteiger partial charge in [-0.05, 0) is 129 Å². The van der Waals surface area contributed by atoms with Crippen LogP contribution in [-0.2, 0) is 19.5 Å². The summed E-state index contributed by atoms with van der Waals surface area (Å²) in [4.78, 5) is 13.1. The molecule has 5 aliphatic carbocycles. The highest BCUT2D eigenvalue weighted by molar-refractivity contribution is 7.90. The van der Waals surface area contributed by atoms with Gasteiger partial charge >= 0.3 is 6.09 Å². The van der Waals surface area contributed by atoms with Gasteiger partial charge in [0.2, 0.25) is 0 Å². The molecule has 0 heterocycles. The van der Waals surface area contributed by atoms with Gasteiger partial charge in [0, 0.05) is 12.5 Å². The third-order valence-electron chi connectivity index (χ3n) is 14.9. The summed E-state index contributed by atoms with van der Waals surface area (Å²) in [5, 5.41) is 0. The first-order valence-electron chi connectivity index (χ1n) is 17.9. The van der Waals surface area contributed by atoms with Crippen LogP contribution in [0.5, 0.6) is 0 Å². The Morgan fingerprint density at radius 1 is 0.783 bits per heavy atom. The molecule has 0 saturated heterocycles. The molecule has 5 aliphatic rings. The predicted molar refractivity (Wildman–Crippen MR) is 183 cm³/mol. The third kappa shape index (κ3) is 5.29. The van der Waals surface area contributed by atoms with Crippen molar-refractivity contribution in [1.82, 2.24) is 4.72 Å². The summed E-state index contributed by atoms with van der Waals surface area (Å²) in [5.74, 6) is 2.27. The molecule has 256 valence electrons. The molecule has 0 aliphatic heterocycles. The summed E-state index contributed by atoms with van der Waals surface area (Å²) in [6.07, 6.45) is 13.1. The van der Waals surface area contributed by atoms with E-state index >= 15 is 0 Å². The largest absolute Gasteiger partial charge is 0.445 e. The van der Waals surface area contributed by atoms with Crippen LogP contribution in [0.4, 0.5) is 4.79 Å². The molecule has 1 aromatic rings. The molecule has 46 heavy (non-hydrogen) atoms. The van der Waals surface area contributed by atoms with Crippen molar-refractivity contribution in [2.24, 2.45) is 50.7 Å². The Kier molecular flexibility index (Phi) is 8.40.